The van der Waals surface area contributed by atoms with Crippen molar-refractivity contribution in [1.82, 2.24) is 0 Å². The lowest BCUT2D eigenvalue weighted by Gasteiger charge is -2.07. The molecule has 2 rings (SSSR count). The Hall–Kier alpha value is -2.07. The monoisotopic (exact) mass is 274 g/mol. The first-order valence-corrected chi connectivity index (χ1v) is 6.60. The van der Waals surface area contributed by atoms with Crippen molar-refractivity contribution in [2.75, 3.05) is 14.2 Å². The van der Waals surface area contributed by atoms with Crippen LogP contribution in [-0.2, 0) is 0 Å². The van der Waals surface area contributed by atoms with Gasteiger partial charge >= 0.3 is 0 Å². The molecule has 2 aromatic rings. The van der Waals surface area contributed by atoms with Crippen LogP contribution in [0.25, 0.3) is 6.08 Å². The summed E-state index contributed by atoms with van der Waals surface area (Å²) in [6.45, 7) is 0. The second kappa shape index (κ2) is 6.20. The van der Waals surface area contributed by atoms with Crippen LogP contribution in [-0.4, -0.2) is 20.0 Å². The van der Waals surface area contributed by atoms with Crippen molar-refractivity contribution in [2.45, 2.75) is 0 Å². The standard InChI is InChI=1S/C15H14O3S/c1-17-11-5-8-15(18-2)13(10-11)14(16)7-6-12-4-3-9-19-12/h3-10H,1-2H3/b7-6+. The van der Waals surface area contributed by atoms with Crippen LogP contribution in [0.4, 0.5) is 0 Å². The normalized spacial score (nSPS) is 10.6. The van der Waals surface area contributed by atoms with E-state index in [-0.39, 0.29) is 5.78 Å². The van der Waals surface area contributed by atoms with Gasteiger partial charge in [0.2, 0.25) is 0 Å². The molecule has 19 heavy (non-hydrogen) atoms. The largest absolute Gasteiger partial charge is 0.497 e. The summed E-state index contributed by atoms with van der Waals surface area (Å²) < 4.78 is 10.3. The quantitative estimate of drug-likeness (QED) is 0.616. The number of hydrogen-bond donors (Lipinski definition) is 0. The Labute approximate surface area is 116 Å². The molecule has 0 fully saturated rings. The Morgan fingerprint density at radius 2 is 2.05 bits per heavy atom. The van der Waals surface area contributed by atoms with Crippen LogP contribution in [0.2, 0.25) is 0 Å². The van der Waals surface area contributed by atoms with Gasteiger partial charge in [-0.15, -0.1) is 11.3 Å². The van der Waals surface area contributed by atoms with Crippen molar-refractivity contribution in [3.63, 3.8) is 0 Å². The van der Waals surface area contributed by atoms with E-state index in [0.29, 0.717) is 17.1 Å². The van der Waals surface area contributed by atoms with E-state index in [1.807, 2.05) is 17.5 Å². The molecule has 1 aromatic carbocycles. The van der Waals surface area contributed by atoms with Crippen molar-refractivity contribution >= 4 is 23.2 Å². The highest BCUT2D eigenvalue weighted by Crippen LogP contribution is 2.25. The number of benzene rings is 1. The molecule has 0 saturated carbocycles. The van der Waals surface area contributed by atoms with Crippen molar-refractivity contribution in [2.24, 2.45) is 0 Å². The van der Waals surface area contributed by atoms with Gasteiger partial charge in [-0.05, 0) is 41.8 Å². The van der Waals surface area contributed by atoms with E-state index in [2.05, 4.69) is 0 Å². The molecule has 0 N–H and O–H groups in total. The summed E-state index contributed by atoms with van der Waals surface area (Å²) in [7, 11) is 3.11. The van der Waals surface area contributed by atoms with Crippen LogP contribution in [0.3, 0.4) is 0 Å². The summed E-state index contributed by atoms with van der Waals surface area (Å²) in [6, 6.07) is 9.07. The zero-order chi connectivity index (χ0) is 13.7. The minimum atomic E-state index is -0.107. The van der Waals surface area contributed by atoms with Gasteiger partial charge in [0.15, 0.2) is 5.78 Å². The summed E-state index contributed by atoms with van der Waals surface area (Å²) in [4.78, 5) is 13.2. The number of rotatable bonds is 5. The molecule has 98 valence electrons. The van der Waals surface area contributed by atoms with E-state index < -0.39 is 0 Å². The van der Waals surface area contributed by atoms with Gasteiger partial charge in [0.25, 0.3) is 0 Å². The molecule has 0 aliphatic rings. The summed E-state index contributed by atoms with van der Waals surface area (Å²) in [5.41, 5.74) is 0.495. The number of allylic oxidation sites excluding steroid dienone is 1. The Bertz CT molecular complexity index is 585. The highest BCUT2D eigenvalue weighted by molar-refractivity contribution is 7.10. The van der Waals surface area contributed by atoms with Gasteiger partial charge in [0.05, 0.1) is 19.8 Å². The molecule has 0 bridgehead atoms. The Morgan fingerprint density at radius 1 is 1.21 bits per heavy atom. The Kier molecular flexibility index (Phi) is 4.36. The molecular formula is C15H14O3S. The van der Waals surface area contributed by atoms with E-state index in [0.717, 1.165) is 4.88 Å². The van der Waals surface area contributed by atoms with Gasteiger partial charge in [-0.1, -0.05) is 6.07 Å². The van der Waals surface area contributed by atoms with Crippen LogP contribution in [0.5, 0.6) is 11.5 Å². The van der Waals surface area contributed by atoms with Crippen molar-refractivity contribution < 1.29 is 14.3 Å². The fourth-order valence-electron chi connectivity index (χ4n) is 1.64. The second-order valence-corrected chi connectivity index (χ2v) is 4.76. The maximum absolute atomic E-state index is 12.2. The number of ether oxygens (including phenoxy) is 2. The predicted octanol–water partition coefficient (Wildman–Crippen LogP) is 3.66. The molecule has 0 aliphatic heterocycles. The van der Waals surface area contributed by atoms with Crippen LogP contribution >= 0.6 is 11.3 Å². The van der Waals surface area contributed by atoms with Crippen molar-refractivity contribution in [1.29, 1.82) is 0 Å². The third-order valence-electron chi connectivity index (χ3n) is 2.61. The topological polar surface area (TPSA) is 35.5 Å². The van der Waals surface area contributed by atoms with E-state index in [1.54, 1.807) is 55.9 Å². The fourth-order valence-corrected chi connectivity index (χ4v) is 2.26. The zero-order valence-electron chi connectivity index (χ0n) is 10.8. The van der Waals surface area contributed by atoms with Gasteiger partial charge in [0, 0.05) is 4.88 Å². The number of methoxy groups -OCH3 is 2. The average Bonchev–Trinajstić information content (AvgIpc) is 2.97. The minimum Gasteiger partial charge on any atom is -0.497 e. The van der Waals surface area contributed by atoms with E-state index >= 15 is 0 Å². The van der Waals surface area contributed by atoms with Gasteiger partial charge in [-0.2, -0.15) is 0 Å². The summed E-state index contributed by atoms with van der Waals surface area (Å²) in [5.74, 6) is 1.07. The molecule has 4 heteroatoms. The van der Waals surface area contributed by atoms with Gasteiger partial charge in [-0.25, -0.2) is 0 Å². The number of carbonyl (C=O) groups is 1. The lowest BCUT2D eigenvalue weighted by atomic mass is 10.1. The molecule has 0 aliphatic carbocycles. The van der Waals surface area contributed by atoms with E-state index in [1.165, 1.54) is 0 Å². The lowest BCUT2D eigenvalue weighted by Crippen LogP contribution is -1.99. The predicted molar refractivity (Wildman–Crippen MR) is 77.2 cm³/mol. The minimum absolute atomic E-state index is 0.107. The molecule has 1 heterocycles. The average molecular weight is 274 g/mol. The molecule has 3 nitrogen and oxygen atoms in total. The Morgan fingerprint density at radius 3 is 2.68 bits per heavy atom. The highest BCUT2D eigenvalue weighted by atomic mass is 32.1. The van der Waals surface area contributed by atoms with Crippen molar-refractivity contribution in [3.8, 4) is 11.5 Å². The third kappa shape index (κ3) is 3.23. The van der Waals surface area contributed by atoms with E-state index in [4.69, 9.17) is 9.47 Å². The lowest BCUT2D eigenvalue weighted by molar-refractivity contribution is 0.104. The van der Waals surface area contributed by atoms with Crippen LogP contribution < -0.4 is 9.47 Å². The SMILES string of the molecule is COc1ccc(OC)c(C(=O)/C=C/c2cccs2)c1. The fraction of sp³-hybridized carbons (Fsp3) is 0.133. The molecule has 0 radical (unpaired) electrons. The summed E-state index contributed by atoms with van der Waals surface area (Å²) in [5, 5.41) is 1.97. The van der Waals surface area contributed by atoms with Gasteiger partial charge in [0.1, 0.15) is 11.5 Å². The summed E-state index contributed by atoms with van der Waals surface area (Å²) in [6.07, 6.45) is 3.34. The first kappa shape index (κ1) is 13.4. The number of ketones is 1. The molecule has 0 amide bonds. The molecule has 0 atom stereocenters. The van der Waals surface area contributed by atoms with E-state index in [9.17, 15) is 4.79 Å². The van der Waals surface area contributed by atoms with Gasteiger partial charge < -0.3 is 9.47 Å². The molecular weight excluding hydrogens is 260 g/mol. The van der Waals surface area contributed by atoms with Crippen LogP contribution in [0, 0.1) is 0 Å². The van der Waals surface area contributed by atoms with Gasteiger partial charge in [-0.3, -0.25) is 4.79 Å². The van der Waals surface area contributed by atoms with Crippen LogP contribution in [0.1, 0.15) is 15.2 Å². The van der Waals surface area contributed by atoms with Crippen molar-refractivity contribution in [3.05, 3.63) is 52.2 Å². The maximum atomic E-state index is 12.2. The highest BCUT2D eigenvalue weighted by Gasteiger charge is 2.11. The zero-order valence-corrected chi connectivity index (χ0v) is 11.6. The maximum Gasteiger partial charge on any atom is 0.189 e. The Balaban J connectivity index is 2.27. The molecule has 0 spiro atoms. The van der Waals surface area contributed by atoms with Crippen LogP contribution in [0.15, 0.2) is 41.8 Å². The molecule has 0 unspecified atom stereocenters. The third-order valence-corrected chi connectivity index (χ3v) is 3.45. The smallest absolute Gasteiger partial charge is 0.189 e. The number of hydrogen-bond acceptors (Lipinski definition) is 4. The first-order chi connectivity index (χ1) is 9.24. The first-order valence-electron chi connectivity index (χ1n) is 5.72. The molecule has 0 saturated heterocycles. The summed E-state index contributed by atoms with van der Waals surface area (Å²) >= 11 is 1.58. The second-order valence-electron chi connectivity index (χ2n) is 3.78. The number of thiophene rings is 1. The molecule has 1 aromatic heterocycles. The number of carbonyl (C=O) groups excluding carboxylic acids is 1.